The summed E-state index contributed by atoms with van der Waals surface area (Å²) in [4.78, 5) is 12.5. The Morgan fingerprint density at radius 3 is 2.55 bits per heavy atom. The van der Waals surface area contributed by atoms with Gasteiger partial charge < -0.3 is 10.1 Å². The molecule has 0 aliphatic carbocycles. The van der Waals surface area contributed by atoms with Gasteiger partial charge in [-0.05, 0) is 42.3 Å². The number of sulfone groups is 1. The van der Waals surface area contributed by atoms with Crippen LogP contribution in [0.5, 0.6) is 5.75 Å². The van der Waals surface area contributed by atoms with Crippen LogP contribution < -0.4 is 10.1 Å². The smallest absolute Gasteiger partial charge is 0.249 e. The second kappa shape index (κ2) is 8.77. The number of carbonyl (C=O) groups excluding carboxylic acids is 1. The minimum atomic E-state index is -3.10. The second-order valence-corrected chi connectivity index (χ2v) is 9.61. The van der Waals surface area contributed by atoms with Crippen molar-refractivity contribution in [2.24, 2.45) is 0 Å². The number of methoxy groups -OCH3 is 1. The Balaban J connectivity index is 1.62. The number of carbonyl (C=O) groups is 1. The van der Waals surface area contributed by atoms with Gasteiger partial charge in [0.15, 0.2) is 9.84 Å². The van der Waals surface area contributed by atoms with Crippen LogP contribution in [0, 0.1) is 0 Å². The molecule has 1 aliphatic rings. The van der Waals surface area contributed by atoms with Gasteiger partial charge >= 0.3 is 0 Å². The first-order chi connectivity index (χ1) is 14.9. The zero-order chi connectivity index (χ0) is 21.8. The maximum Gasteiger partial charge on any atom is 0.249 e. The molecular weight excluding hydrogens is 414 g/mol. The van der Waals surface area contributed by atoms with Crippen LogP contribution in [0.25, 0.3) is 17.3 Å². The molecule has 160 valence electrons. The lowest BCUT2D eigenvalue weighted by molar-refractivity contribution is -0.111. The fourth-order valence-electron chi connectivity index (χ4n) is 3.54. The van der Waals surface area contributed by atoms with Crippen LogP contribution in [0.15, 0.2) is 66.7 Å². The van der Waals surface area contributed by atoms with Gasteiger partial charge in [-0.1, -0.05) is 30.3 Å². The number of hydrogen-bond acceptors (Lipinski definition) is 5. The maximum absolute atomic E-state index is 12.5. The molecule has 4 rings (SSSR count). The monoisotopic (exact) mass is 437 g/mol. The Morgan fingerprint density at radius 2 is 1.90 bits per heavy atom. The summed E-state index contributed by atoms with van der Waals surface area (Å²) in [6.07, 6.45) is 3.64. The first-order valence-corrected chi connectivity index (χ1v) is 11.7. The number of anilines is 1. The summed E-state index contributed by atoms with van der Waals surface area (Å²) in [5, 5.41) is 7.48. The molecule has 7 nitrogen and oxygen atoms in total. The molecule has 0 saturated carbocycles. The van der Waals surface area contributed by atoms with Gasteiger partial charge in [-0.25, -0.2) is 13.1 Å². The van der Waals surface area contributed by atoms with E-state index in [1.54, 1.807) is 23.9 Å². The van der Waals surface area contributed by atoms with Crippen molar-refractivity contribution in [3.8, 4) is 17.0 Å². The predicted molar refractivity (Wildman–Crippen MR) is 121 cm³/mol. The first-order valence-electron chi connectivity index (χ1n) is 9.92. The first kappa shape index (κ1) is 20.9. The molecule has 31 heavy (non-hydrogen) atoms. The van der Waals surface area contributed by atoms with E-state index < -0.39 is 9.84 Å². The predicted octanol–water partition coefficient (Wildman–Crippen LogP) is 3.57. The summed E-state index contributed by atoms with van der Waals surface area (Å²) in [6.45, 7) is 0. The largest absolute Gasteiger partial charge is 0.497 e. The van der Waals surface area contributed by atoms with E-state index in [9.17, 15) is 13.2 Å². The SMILES string of the molecule is COc1ccc(-c2cc(NC(=O)/C=C/c3ccccc3)n(C3CCS(=O)(=O)C3)n2)cc1. The molecule has 3 aromatic rings. The lowest BCUT2D eigenvalue weighted by atomic mass is 10.1. The molecule has 0 radical (unpaired) electrons. The highest BCUT2D eigenvalue weighted by Gasteiger charge is 2.31. The molecule has 8 heteroatoms. The van der Waals surface area contributed by atoms with Crippen LogP contribution in [0.4, 0.5) is 5.82 Å². The molecule has 1 aliphatic heterocycles. The lowest BCUT2D eigenvalue weighted by Crippen LogP contribution is -2.18. The Kier molecular flexibility index (Phi) is 5.90. The molecule has 1 N–H and O–H groups in total. The van der Waals surface area contributed by atoms with Crippen molar-refractivity contribution >= 4 is 27.6 Å². The number of nitrogens with one attached hydrogen (secondary N) is 1. The highest BCUT2D eigenvalue weighted by Crippen LogP contribution is 2.31. The standard InChI is InChI=1S/C23H23N3O4S/c1-30-20-10-8-18(9-11-20)21-15-22(26(25-21)19-13-14-31(28,29)16-19)24-23(27)12-7-17-5-3-2-4-6-17/h2-12,15,19H,13-14,16H2,1H3,(H,24,27)/b12-7+. The van der Waals surface area contributed by atoms with Crippen molar-refractivity contribution < 1.29 is 17.9 Å². The molecule has 0 bridgehead atoms. The Bertz CT molecular complexity index is 1200. The van der Waals surface area contributed by atoms with Crippen LogP contribution in [0.2, 0.25) is 0 Å². The van der Waals surface area contributed by atoms with Gasteiger partial charge in [-0.3, -0.25) is 4.79 Å². The third kappa shape index (κ3) is 5.03. The summed E-state index contributed by atoms with van der Waals surface area (Å²) in [6, 6.07) is 18.4. The van der Waals surface area contributed by atoms with Crippen LogP contribution in [0.3, 0.4) is 0 Å². The van der Waals surface area contributed by atoms with Crippen molar-refractivity contribution in [2.45, 2.75) is 12.5 Å². The normalized spacial score (nSPS) is 17.6. The molecule has 1 fully saturated rings. The van der Waals surface area contributed by atoms with Crippen molar-refractivity contribution in [3.05, 3.63) is 72.3 Å². The van der Waals surface area contributed by atoms with Crippen LogP contribution in [0.1, 0.15) is 18.0 Å². The molecule has 2 heterocycles. The molecule has 1 atom stereocenters. The Hall–Kier alpha value is -3.39. The van der Waals surface area contributed by atoms with E-state index in [0.717, 1.165) is 16.9 Å². The van der Waals surface area contributed by atoms with Crippen molar-refractivity contribution in [2.75, 3.05) is 23.9 Å². The summed E-state index contributed by atoms with van der Waals surface area (Å²) < 4.78 is 30.8. The Morgan fingerprint density at radius 1 is 1.16 bits per heavy atom. The van der Waals surface area contributed by atoms with Crippen molar-refractivity contribution in [3.63, 3.8) is 0 Å². The number of amides is 1. The number of aromatic nitrogens is 2. The van der Waals surface area contributed by atoms with E-state index in [1.165, 1.54) is 6.08 Å². The number of nitrogens with zero attached hydrogens (tertiary/aromatic N) is 2. The lowest BCUT2D eigenvalue weighted by Gasteiger charge is -2.13. The van der Waals surface area contributed by atoms with Crippen LogP contribution in [-0.2, 0) is 14.6 Å². The fourth-order valence-corrected chi connectivity index (χ4v) is 5.23. The molecule has 1 saturated heterocycles. The molecular formula is C23H23N3O4S. The fraction of sp³-hybridized carbons (Fsp3) is 0.217. The summed E-state index contributed by atoms with van der Waals surface area (Å²) in [5.41, 5.74) is 2.40. The van der Waals surface area contributed by atoms with Crippen LogP contribution in [-0.4, -0.2) is 42.7 Å². The van der Waals surface area contributed by atoms with Gasteiger partial charge in [0.2, 0.25) is 5.91 Å². The molecule has 1 aromatic heterocycles. The maximum atomic E-state index is 12.5. The van der Waals surface area contributed by atoms with Gasteiger partial charge in [0.25, 0.3) is 0 Å². The van der Waals surface area contributed by atoms with Crippen molar-refractivity contribution in [1.29, 1.82) is 0 Å². The van der Waals surface area contributed by atoms with E-state index >= 15 is 0 Å². The quantitative estimate of drug-likeness (QED) is 0.596. The van der Waals surface area contributed by atoms with E-state index in [-0.39, 0.29) is 23.5 Å². The zero-order valence-electron chi connectivity index (χ0n) is 17.1. The average molecular weight is 438 g/mol. The topological polar surface area (TPSA) is 90.3 Å². The van der Waals surface area contributed by atoms with E-state index in [4.69, 9.17) is 4.74 Å². The molecule has 1 amide bonds. The highest BCUT2D eigenvalue weighted by molar-refractivity contribution is 7.91. The van der Waals surface area contributed by atoms with E-state index in [1.807, 2.05) is 54.6 Å². The summed E-state index contributed by atoms with van der Waals surface area (Å²) >= 11 is 0. The average Bonchev–Trinajstić information content (AvgIpc) is 3.35. The number of rotatable bonds is 6. The number of benzene rings is 2. The summed E-state index contributed by atoms with van der Waals surface area (Å²) in [7, 11) is -1.51. The Labute approximate surface area is 181 Å². The zero-order valence-corrected chi connectivity index (χ0v) is 17.9. The van der Waals surface area contributed by atoms with Gasteiger partial charge in [0.1, 0.15) is 11.6 Å². The third-order valence-corrected chi connectivity index (χ3v) is 6.90. The van der Waals surface area contributed by atoms with E-state index in [2.05, 4.69) is 10.4 Å². The molecule has 0 spiro atoms. The second-order valence-electron chi connectivity index (χ2n) is 7.38. The number of ether oxygens (including phenoxy) is 1. The summed E-state index contributed by atoms with van der Waals surface area (Å²) in [5.74, 6) is 1.02. The van der Waals surface area contributed by atoms with Gasteiger partial charge in [-0.2, -0.15) is 5.10 Å². The minimum Gasteiger partial charge on any atom is -0.497 e. The van der Waals surface area contributed by atoms with E-state index in [0.29, 0.717) is 17.9 Å². The minimum absolute atomic E-state index is 0.0134. The van der Waals surface area contributed by atoms with Crippen molar-refractivity contribution in [1.82, 2.24) is 9.78 Å². The van der Waals surface area contributed by atoms with Gasteiger partial charge in [-0.15, -0.1) is 0 Å². The molecule has 2 aromatic carbocycles. The highest BCUT2D eigenvalue weighted by atomic mass is 32.2. The van der Waals surface area contributed by atoms with Crippen LogP contribution >= 0.6 is 0 Å². The third-order valence-electron chi connectivity index (χ3n) is 5.15. The van der Waals surface area contributed by atoms with Gasteiger partial charge in [0, 0.05) is 17.7 Å². The molecule has 1 unspecified atom stereocenters. The van der Waals surface area contributed by atoms with Gasteiger partial charge in [0.05, 0.1) is 30.4 Å². The number of hydrogen-bond donors (Lipinski definition) is 1.